The first-order valence-corrected chi connectivity index (χ1v) is 12.4. The summed E-state index contributed by atoms with van der Waals surface area (Å²) in [4.78, 5) is 19.4. The van der Waals surface area contributed by atoms with Crippen LogP contribution in [0.3, 0.4) is 0 Å². The summed E-state index contributed by atoms with van der Waals surface area (Å²) in [6.45, 7) is 7.13. The summed E-state index contributed by atoms with van der Waals surface area (Å²) in [7, 11) is 0. The summed E-state index contributed by atoms with van der Waals surface area (Å²) in [6.07, 6.45) is 5.42. The molecule has 1 aliphatic rings. The number of fused-ring (bicyclic) bond motifs is 1. The van der Waals surface area contributed by atoms with Gasteiger partial charge in [-0.1, -0.05) is 29.8 Å². The van der Waals surface area contributed by atoms with Crippen LogP contribution in [0.4, 0.5) is 10.6 Å². The molecule has 3 aromatic rings. The molecule has 1 unspecified atom stereocenters. The molecule has 0 radical (unpaired) electrons. The first-order valence-electron chi connectivity index (χ1n) is 11.3. The standard InChI is InChI=1S/C24H29BrClN5O2/c1-24(2,3)33-23(32)30-13-7-6-8-16(30)11-12-27-21-14-20(17-9-4-5-10-19(17)26)29-22-18(25)15-28-31(21)22/h4-5,9-10,14-16,27H,6-8,11-13H2,1-3H3. The normalized spacial score (nSPS) is 16.8. The van der Waals surface area contributed by atoms with Gasteiger partial charge in [0.05, 0.1) is 16.4 Å². The molecule has 4 rings (SSSR count). The van der Waals surface area contributed by atoms with E-state index in [0.717, 1.165) is 53.8 Å². The molecule has 1 aromatic carbocycles. The number of likely N-dealkylation sites (tertiary alicyclic amines) is 1. The van der Waals surface area contributed by atoms with E-state index in [-0.39, 0.29) is 12.1 Å². The molecule has 33 heavy (non-hydrogen) atoms. The van der Waals surface area contributed by atoms with Gasteiger partial charge in [-0.05, 0) is 68.5 Å². The van der Waals surface area contributed by atoms with E-state index in [2.05, 4.69) is 26.3 Å². The van der Waals surface area contributed by atoms with Gasteiger partial charge >= 0.3 is 6.09 Å². The van der Waals surface area contributed by atoms with E-state index in [1.54, 1.807) is 10.7 Å². The smallest absolute Gasteiger partial charge is 0.410 e. The molecule has 1 fully saturated rings. The Morgan fingerprint density at radius 2 is 2.09 bits per heavy atom. The Bertz CT molecular complexity index is 1140. The Kier molecular flexibility index (Phi) is 7.14. The first kappa shape index (κ1) is 23.8. The van der Waals surface area contributed by atoms with Gasteiger partial charge in [0.15, 0.2) is 5.65 Å². The van der Waals surface area contributed by atoms with E-state index in [0.29, 0.717) is 17.2 Å². The van der Waals surface area contributed by atoms with Crippen LogP contribution in [0.1, 0.15) is 46.5 Å². The molecule has 0 saturated carbocycles. The molecule has 1 N–H and O–H groups in total. The molecule has 1 aliphatic heterocycles. The minimum atomic E-state index is -0.497. The van der Waals surface area contributed by atoms with Gasteiger partial charge in [0.2, 0.25) is 0 Å². The minimum Gasteiger partial charge on any atom is -0.444 e. The Balaban J connectivity index is 1.52. The van der Waals surface area contributed by atoms with Crippen molar-refractivity contribution in [2.24, 2.45) is 0 Å². The number of ether oxygens (including phenoxy) is 1. The number of aromatic nitrogens is 3. The first-order chi connectivity index (χ1) is 15.7. The second-order valence-electron chi connectivity index (χ2n) is 9.27. The Morgan fingerprint density at radius 1 is 1.30 bits per heavy atom. The lowest BCUT2D eigenvalue weighted by atomic mass is 10.00. The lowest BCUT2D eigenvalue weighted by Crippen LogP contribution is -2.46. The lowest BCUT2D eigenvalue weighted by Gasteiger charge is -2.37. The molecular formula is C24H29BrClN5O2. The lowest BCUT2D eigenvalue weighted by molar-refractivity contribution is 0.00929. The van der Waals surface area contributed by atoms with Gasteiger partial charge in [0.1, 0.15) is 11.4 Å². The van der Waals surface area contributed by atoms with Crippen LogP contribution in [0.5, 0.6) is 0 Å². The second-order valence-corrected chi connectivity index (χ2v) is 10.5. The van der Waals surface area contributed by atoms with Crippen LogP contribution in [-0.2, 0) is 4.74 Å². The average Bonchev–Trinajstić information content (AvgIpc) is 3.14. The van der Waals surface area contributed by atoms with Gasteiger partial charge in [-0.25, -0.2) is 9.78 Å². The molecule has 0 spiro atoms. The van der Waals surface area contributed by atoms with E-state index < -0.39 is 5.60 Å². The molecule has 3 heterocycles. The number of halogens is 2. The number of hydrogen-bond acceptors (Lipinski definition) is 5. The molecule has 1 saturated heterocycles. The number of nitrogens with zero attached hydrogens (tertiary/aromatic N) is 4. The SMILES string of the molecule is CC(C)(C)OC(=O)N1CCCCC1CCNc1cc(-c2ccccc2Cl)nc2c(Br)cnn12. The van der Waals surface area contributed by atoms with Crippen molar-refractivity contribution in [1.29, 1.82) is 0 Å². The van der Waals surface area contributed by atoms with Crippen LogP contribution in [-0.4, -0.2) is 50.3 Å². The van der Waals surface area contributed by atoms with Crippen molar-refractivity contribution in [3.05, 3.63) is 46.0 Å². The molecule has 2 aromatic heterocycles. The summed E-state index contributed by atoms with van der Waals surface area (Å²) in [5.74, 6) is 0.820. The van der Waals surface area contributed by atoms with Gasteiger partial charge in [-0.15, -0.1) is 0 Å². The zero-order chi connectivity index (χ0) is 23.6. The molecule has 176 valence electrons. The van der Waals surface area contributed by atoms with Crippen molar-refractivity contribution >= 4 is 45.1 Å². The van der Waals surface area contributed by atoms with Crippen molar-refractivity contribution in [2.75, 3.05) is 18.4 Å². The van der Waals surface area contributed by atoms with E-state index in [1.165, 1.54) is 0 Å². The maximum absolute atomic E-state index is 12.7. The largest absolute Gasteiger partial charge is 0.444 e. The van der Waals surface area contributed by atoms with Gasteiger partial charge < -0.3 is 15.0 Å². The van der Waals surface area contributed by atoms with E-state index in [9.17, 15) is 4.79 Å². The minimum absolute atomic E-state index is 0.144. The molecule has 1 amide bonds. The van der Waals surface area contributed by atoms with Crippen LogP contribution < -0.4 is 5.32 Å². The number of anilines is 1. The number of carbonyl (C=O) groups excluding carboxylic acids is 1. The third-order valence-electron chi connectivity index (χ3n) is 5.62. The zero-order valence-electron chi connectivity index (χ0n) is 19.1. The summed E-state index contributed by atoms with van der Waals surface area (Å²) in [5.41, 5.74) is 1.84. The number of benzene rings is 1. The fourth-order valence-electron chi connectivity index (χ4n) is 4.10. The highest BCUT2D eigenvalue weighted by Gasteiger charge is 2.30. The topological polar surface area (TPSA) is 71.8 Å². The van der Waals surface area contributed by atoms with Crippen LogP contribution in [0, 0.1) is 0 Å². The maximum Gasteiger partial charge on any atom is 0.410 e. The second kappa shape index (κ2) is 9.89. The molecule has 1 atom stereocenters. The number of piperidine rings is 1. The fraction of sp³-hybridized carbons (Fsp3) is 0.458. The average molecular weight is 535 g/mol. The van der Waals surface area contributed by atoms with Crippen LogP contribution in [0.25, 0.3) is 16.9 Å². The Morgan fingerprint density at radius 3 is 2.85 bits per heavy atom. The number of carbonyl (C=O) groups is 1. The highest BCUT2D eigenvalue weighted by molar-refractivity contribution is 9.10. The number of hydrogen-bond donors (Lipinski definition) is 1. The summed E-state index contributed by atoms with van der Waals surface area (Å²) < 4.78 is 8.22. The molecule has 9 heteroatoms. The highest BCUT2D eigenvalue weighted by atomic mass is 79.9. The van der Waals surface area contributed by atoms with Crippen LogP contribution in [0.15, 0.2) is 41.0 Å². The van der Waals surface area contributed by atoms with Gasteiger partial charge in [-0.3, -0.25) is 0 Å². The Hall–Kier alpha value is -2.32. The summed E-state index contributed by atoms with van der Waals surface area (Å²) >= 11 is 9.97. The van der Waals surface area contributed by atoms with Gasteiger partial charge in [-0.2, -0.15) is 9.61 Å². The van der Waals surface area contributed by atoms with Crippen molar-refractivity contribution in [2.45, 2.75) is 58.1 Å². The number of nitrogens with one attached hydrogen (secondary N) is 1. The summed E-state index contributed by atoms with van der Waals surface area (Å²) in [6, 6.07) is 9.76. The fourth-order valence-corrected chi connectivity index (χ4v) is 4.68. The molecule has 0 bridgehead atoms. The monoisotopic (exact) mass is 533 g/mol. The zero-order valence-corrected chi connectivity index (χ0v) is 21.5. The highest BCUT2D eigenvalue weighted by Crippen LogP contribution is 2.30. The third-order valence-corrected chi connectivity index (χ3v) is 6.51. The third kappa shape index (κ3) is 5.61. The summed E-state index contributed by atoms with van der Waals surface area (Å²) in [5, 5.41) is 8.60. The van der Waals surface area contributed by atoms with Crippen molar-refractivity contribution in [3.63, 3.8) is 0 Å². The van der Waals surface area contributed by atoms with E-state index in [4.69, 9.17) is 21.3 Å². The Labute approximate surface area is 207 Å². The van der Waals surface area contributed by atoms with Crippen LogP contribution >= 0.6 is 27.5 Å². The quantitative estimate of drug-likeness (QED) is 0.410. The van der Waals surface area contributed by atoms with Gasteiger partial charge in [0.25, 0.3) is 0 Å². The number of amides is 1. The van der Waals surface area contributed by atoms with Gasteiger partial charge in [0, 0.05) is 35.8 Å². The predicted octanol–water partition coefficient (Wildman–Crippen LogP) is 6.40. The predicted molar refractivity (Wildman–Crippen MR) is 135 cm³/mol. The molecule has 0 aliphatic carbocycles. The van der Waals surface area contributed by atoms with Crippen molar-refractivity contribution in [1.82, 2.24) is 19.5 Å². The van der Waals surface area contributed by atoms with Crippen molar-refractivity contribution < 1.29 is 9.53 Å². The maximum atomic E-state index is 12.7. The van der Waals surface area contributed by atoms with E-state index >= 15 is 0 Å². The van der Waals surface area contributed by atoms with Crippen molar-refractivity contribution in [3.8, 4) is 11.3 Å². The van der Waals surface area contributed by atoms with Crippen LogP contribution in [0.2, 0.25) is 5.02 Å². The molecular weight excluding hydrogens is 506 g/mol. The molecule has 7 nitrogen and oxygen atoms in total. The van der Waals surface area contributed by atoms with E-state index in [1.807, 2.05) is 56.0 Å². The number of rotatable bonds is 5.